The van der Waals surface area contributed by atoms with E-state index in [0.29, 0.717) is 10.6 Å². The summed E-state index contributed by atoms with van der Waals surface area (Å²) < 4.78 is 26.4. The molecule has 118 valence electrons. The monoisotopic (exact) mass is 350 g/mol. The lowest BCUT2D eigenvalue weighted by Gasteiger charge is -2.03. The summed E-state index contributed by atoms with van der Waals surface area (Å²) in [7, 11) is -3.86. The zero-order valence-electron chi connectivity index (χ0n) is 11.7. The largest absolute Gasteiger partial charge is 0.270 e. The van der Waals surface area contributed by atoms with Gasteiger partial charge in [0.2, 0.25) is 10.0 Å². The Bertz CT molecular complexity index is 901. The van der Waals surface area contributed by atoms with Crippen molar-refractivity contribution in [2.45, 2.75) is 4.90 Å². The molecule has 1 N–H and O–H groups in total. The van der Waals surface area contributed by atoms with Gasteiger partial charge in [0.15, 0.2) is 0 Å². The molecule has 0 saturated carbocycles. The van der Waals surface area contributed by atoms with E-state index < -0.39 is 14.9 Å². The van der Waals surface area contributed by atoms with Crippen LogP contribution in [0.15, 0.2) is 53.4 Å². The minimum atomic E-state index is -3.86. The first-order valence-electron chi connectivity index (χ1n) is 6.37. The van der Waals surface area contributed by atoms with Crippen molar-refractivity contribution in [1.29, 1.82) is 0 Å². The van der Waals surface area contributed by atoms with Gasteiger partial charge >= 0.3 is 0 Å². The molecule has 0 radical (unpaired) electrons. The number of nitrogens with one attached hydrogen (secondary N) is 1. The molecule has 0 heterocycles. The van der Waals surface area contributed by atoms with E-state index in [2.05, 4.69) is 16.6 Å². The zero-order chi connectivity index (χ0) is 16.9. The topological polar surface area (TPSA) is 89.3 Å². The van der Waals surface area contributed by atoms with E-state index in [0.717, 1.165) is 6.07 Å². The van der Waals surface area contributed by atoms with Gasteiger partial charge in [-0.1, -0.05) is 35.6 Å². The number of non-ortho nitro benzene ring substituents is 1. The molecule has 0 aliphatic carbocycles. The van der Waals surface area contributed by atoms with Crippen molar-refractivity contribution >= 4 is 27.3 Å². The van der Waals surface area contributed by atoms with Crippen molar-refractivity contribution < 1.29 is 13.3 Å². The van der Waals surface area contributed by atoms with Crippen molar-refractivity contribution in [3.05, 3.63) is 69.2 Å². The molecular formula is C15H11ClN2O4S. The van der Waals surface area contributed by atoms with Gasteiger partial charge in [-0.25, -0.2) is 8.42 Å². The van der Waals surface area contributed by atoms with Crippen LogP contribution in [0.1, 0.15) is 5.56 Å². The van der Waals surface area contributed by atoms with Crippen molar-refractivity contribution in [2.75, 3.05) is 6.54 Å². The number of halogens is 1. The highest BCUT2D eigenvalue weighted by Gasteiger charge is 2.16. The molecule has 0 atom stereocenters. The molecule has 0 saturated heterocycles. The van der Waals surface area contributed by atoms with Crippen molar-refractivity contribution in [3.8, 4) is 11.8 Å². The third-order valence-corrected chi connectivity index (χ3v) is 4.38. The predicted molar refractivity (Wildman–Crippen MR) is 86.6 cm³/mol. The fraction of sp³-hybridized carbons (Fsp3) is 0.0667. The van der Waals surface area contributed by atoms with Gasteiger partial charge < -0.3 is 0 Å². The van der Waals surface area contributed by atoms with Crippen LogP contribution in [0.4, 0.5) is 5.69 Å². The average Bonchev–Trinajstić information content (AvgIpc) is 2.52. The Hall–Kier alpha value is -2.40. The van der Waals surface area contributed by atoms with E-state index in [9.17, 15) is 18.5 Å². The molecular weight excluding hydrogens is 340 g/mol. The molecule has 0 spiro atoms. The van der Waals surface area contributed by atoms with Crippen LogP contribution in [0.2, 0.25) is 5.02 Å². The Morgan fingerprint density at radius 3 is 2.61 bits per heavy atom. The molecule has 2 aromatic carbocycles. The summed E-state index contributed by atoms with van der Waals surface area (Å²) in [5.74, 6) is 5.43. The molecule has 6 nitrogen and oxygen atoms in total. The van der Waals surface area contributed by atoms with Crippen LogP contribution < -0.4 is 4.72 Å². The SMILES string of the molecule is O=[N+]([O-])c1cccc(S(=O)(=O)NCC#Cc2cccc(Cl)c2)c1. The average molecular weight is 351 g/mol. The van der Waals surface area contributed by atoms with E-state index in [1.165, 1.54) is 18.2 Å². The van der Waals surface area contributed by atoms with Gasteiger partial charge in [0, 0.05) is 22.7 Å². The van der Waals surface area contributed by atoms with E-state index in [1.54, 1.807) is 24.3 Å². The summed E-state index contributed by atoms with van der Waals surface area (Å²) >= 11 is 5.82. The van der Waals surface area contributed by atoms with Gasteiger partial charge in [-0.3, -0.25) is 10.1 Å². The maximum Gasteiger partial charge on any atom is 0.270 e. The Balaban J connectivity index is 2.08. The van der Waals surface area contributed by atoms with Crippen LogP contribution in [-0.4, -0.2) is 19.9 Å². The summed E-state index contributed by atoms with van der Waals surface area (Å²) in [6.45, 7) is -0.127. The van der Waals surface area contributed by atoms with E-state index >= 15 is 0 Å². The molecule has 8 heteroatoms. The third-order valence-electron chi connectivity index (χ3n) is 2.75. The lowest BCUT2D eigenvalue weighted by molar-refractivity contribution is -0.385. The van der Waals surface area contributed by atoms with Gasteiger partial charge in [0.25, 0.3) is 5.69 Å². The van der Waals surface area contributed by atoms with E-state index in [4.69, 9.17) is 11.6 Å². The lowest BCUT2D eigenvalue weighted by atomic mass is 10.2. The van der Waals surface area contributed by atoms with Crippen LogP contribution in [0.5, 0.6) is 0 Å². The van der Waals surface area contributed by atoms with E-state index in [-0.39, 0.29) is 17.1 Å². The molecule has 0 aliphatic heterocycles. The molecule has 0 bridgehead atoms. The minimum Gasteiger partial charge on any atom is -0.258 e. The smallest absolute Gasteiger partial charge is 0.258 e. The fourth-order valence-electron chi connectivity index (χ4n) is 1.69. The number of hydrogen-bond donors (Lipinski definition) is 1. The number of nitro benzene ring substituents is 1. The molecule has 0 aliphatic rings. The van der Waals surface area contributed by atoms with Gasteiger partial charge in [-0.05, 0) is 24.3 Å². The molecule has 0 fully saturated rings. The maximum absolute atomic E-state index is 12.0. The third kappa shape index (κ3) is 4.79. The normalized spacial score (nSPS) is 10.7. The predicted octanol–water partition coefficient (Wildman–Crippen LogP) is 2.58. The number of hydrogen-bond acceptors (Lipinski definition) is 4. The highest BCUT2D eigenvalue weighted by Crippen LogP contribution is 2.16. The fourth-order valence-corrected chi connectivity index (χ4v) is 2.84. The number of rotatable bonds is 4. The maximum atomic E-state index is 12.0. The first-order valence-corrected chi connectivity index (χ1v) is 8.23. The molecule has 0 unspecified atom stereocenters. The van der Waals surface area contributed by atoms with Crippen LogP contribution in [0.3, 0.4) is 0 Å². The molecule has 0 aromatic heterocycles. The highest BCUT2D eigenvalue weighted by atomic mass is 35.5. The van der Waals surface area contributed by atoms with Gasteiger partial charge in [0.1, 0.15) is 0 Å². The Morgan fingerprint density at radius 2 is 1.91 bits per heavy atom. The Labute approximate surface area is 138 Å². The second kappa shape index (κ2) is 7.24. The van der Waals surface area contributed by atoms with Gasteiger partial charge in [-0.15, -0.1) is 0 Å². The van der Waals surface area contributed by atoms with Crippen LogP contribution in [-0.2, 0) is 10.0 Å². The molecule has 2 rings (SSSR count). The quantitative estimate of drug-likeness (QED) is 0.521. The minimum absolute atomic E-state index is 0.127. The molecule has 0 amide bonds. The van der Waals surface area contributed by atoms with Crippen LogP contribution in [0, 0.1) is 22.0 Å². The summed E-state index contributed by atoms with van der Waals surface area (Å²) in [6, 6.07) is 11.6. The van der Waals surface area contributed by atoms with Crippen LogP contribution >= 0.6 is 11.6 Å². The standard InChI is InChI=1S/C15H11ClN2O4S/c16-13-6-1-4-12(10-13)5-3-9-17-23(21,22)15-8-2-7-14(11-15)18(19)20/h1-2,4,6-8,10-11,17H,9H2. The van der Waals surface area contributed by atoms with Crippen molar-refractivity contribution in [2.24, 2.45) is 0 Å². The van der Waals surface area contributed by atoms with Gasteiger partial charge in [-0.2, -0.15) is 4.72 Å². The van der Waals surface area contributed by atoms with E-state index in [1.807, 2.05) is 0 Å². The van der Waals surface area contributed by atoms with Crippen LogP contribution in [0.25, 0.3) is 0 Å². The number of nitrogens with zero attached hydrogens (tertiary/aromatic N) is 1. The summed E-state index contributed by atoms with van der Waals surface area (Å²) in [4.78, 5) is 9.84. The summed E-state index contributed by atoms with van der Waals surface area (Å²) in [5.41, 5.74) is 0.366. The first-order chi connectivity index (χ1) is 10.9. The number of benzene rings is 2. The lowest BCUT2D eigenvalue weighted by Crippen LogP contribution is -2.24. The molecule has 2 aromatic rings. The Kier molecular flexibility index (Phi) is 5.34. The number of sulfonamides is 1. The molecule has 23 heavy (non-hydrogen) atoms. The van der Waals surface area contributed by atoms with Crippen molar-refractivity contribution in [1.82, 2.24) is 4.72 Å². The zero-order valence-corrected chi connectivity index (χ0v) is 13.3. The van der Waals surface area contributed by atoms with Gasteiger partial charge in [0.05, 0.1) is 16.4 Å². The summed E-state index contributed by atoms with van der Waals surface area (Å²) in [6.07, 6.45) is 0. The second-order valence-electron chi connectivity index (χ2n) is 4.39. The summed E-state index contributed by atoms with van der Waals surface area (Å²) in [5, 5.41) is 11.2. The second-order valence-corrected chi connectivity index (χ2v) is 6.59. The Morgan fingerprint density at radius 1 is 1.17 bits per heavy atom. The first kappa shape index (κ1) is 17.0. The highest BCUT2D eigenvalue weighted by molar-refractivity contribution is 7.89. The number of nitro groups is 1. The van der Waals surface area contributed by atoms with Crippen molar-refractivity contribution in [3.63, 3.8) is 0 Å².